The Hall–Kier alpha value is -5.80. The Bertz CT molecular complexity index is 2400. The number of hydrogen-bond donors (Lipinski definition) is 0. The highest BCUT2D eigenvalue weighted by atomic mass is 35.5. The van der Waals surface area contributed by atoms with Crippen LogP contribution in [0.2, 0.25) is 10.0 Å². The molecule has 2 aliphatic rings. The summed E-state index contributed by atoms with van der Waals surface area (Å²) in [4.78, 5) is 0. The highest BCUT2D eigenvalue weighted by Gasteiger charge is 2.22. The summed E-state index contributed by atoms with van der Waals surface area (Å²) in [5.41, 5.74) is 5.95. The third-order valence-electron chi connectivity index (χ3n) is 9.04. The van der Waals surface area contributed by atoms with Gasteiger partial charge in [0.25, 0.3) is 0 Å². The summed E-state index contributed by atoms with van der Waals surface area (Å²) in [7, 11) is 0. The second-order valence-corrected chi connectivity index (χ2v) is 15.8. The smallest absolute Gasteiger partial charge is 0.212 e. The van der Waals surface area contributed by atoms with Crippen LogP contribution >= 0.6 is 46.7 Å². The first kappa shape index (κ1) is 37.8. The van der Waals surface area contributed by atoms with Crippen molar-refractivity contribution >= 4 is 58.1 Å². The van der Waals surface area contributed by atoms with Gasteiger partial charge in [0.15, 0.2) is 11.6 Å². The van der Waals surface area contributed by atoms with Crippen LogP contribution in [0.15, 0.2) is 142 Å². The summed E-state index contributed by atoms with van der Waals surface area (Å²) < 4.78 is 27.5. The van der Waals surface area contributed by atoms with E-state index in [2.05, 4.69) is 44.7 Å². The van der Waals surface area contributed by atoms with Crippen LogP contribution in [-0.4, -0.2) is 52.7 Å². The Morgan fingerprint density at radius 1 is 0.431 bits per heavy atom. The van der Waals surface area contributed by atoms with Crippen LogP contribution < -0.4 is 18.9 Å². The van der Waals surface area contributed by atoms with E-state index < -0.39 is 0 Å². The Kier molecular flexibility index (Phi) is 11.3. The van der Waals surface area contributed by atoms with Gasteiger partial charge < -0.3 is 18.9 Å². The molecule has 290 valence electrons. The van der Waals surface area contributed by atoms with Crippen LogP contribution in [-0.2, 0) is 26.4 Å². The second-order valence-electron chi connectivity index (χ2n) is 13.0. The molecule has 7 aromatic rings. The lowest BCUT2D eigenvalue weighted by Gasteiger charge is -2.15. The van der Waals surface area contributed by atoms with Gasteiger partial charge in [-0.3, -0.25) is 0 Å². The summed E-state index contributed by atoms with van der Waals surface area (Å²) in [6.07, 6.45) is 0. The van der Waals surface area contributed by atoms with E-state index in [-0.39, 0.29) is 13.2 Å². The molecule has 0 radical (unpaired) electrons. The lowest BCUT2D eigenvalue weighted by molar-refractivity contribution is 0.289. The van der Waals surface area contributed by atoms with E-state index in [1.165, 1.54) is 0 Å². The molecule has 0 saturated carbocycles. The molecule has 0 bridgehead atoms. The number of aromatic nitrogens is 6. The molecule has 0 fully saturated rings. The van der Waals surface area contributed by atoms with Crippen molar-refractivity contribution in [2.75, 3.05) is 11.5 Å². The van der Waals surface area contributed by atoms with Crippen molar-refractivity contribution in [2.24, 2.45) is 10.2 Å². The third-order valence-corrected chi connectivity index (χ3v) is 11.4. The lowest BCUT2D eigenvalue weighted by atomic mass is 10.1. The topological polar surface area (TPSA) is 123 Å². The standard InChI is InChI=1S/C42H32Cl2N8O4S2/c43-31-9-17-35(18-10-31)55-23-39-45-47-41-51(39)49-37(25-57-41)29-5-13-33(14-6-29)53-21-27-1-2-28(4-3-27)22-54-34-15-7-30(8-16-34)38-26-58-42-48-46-40(52(42)50-38)24-56-36-19-11-32(44)12-20-36/h1-20H,21-26H2. The van der Waals surface area contributed by atoms with Gasteiger partial charge in [0, 0.05) is 21.6 Å². The molecule has 58 heavy (non-hydrogen) atoms. The molecular weight excluding hydrogens is 816 g/mol. The number of fused-ring (bicyclic) bond motifs is 2. The van der Waals surface area contributed by atoms with Crippen molar-refractivity contribution in [3.8, 4) is 23.0 Å². The first-order valence-corrected chi connectivity index (χ1v) is 20.8. The van der Waals surface area contributed by atoms with Gasteiger partial charge in [-0.1, -0.05) is 71.0 Å². The van der Waals surface area contributed by atoms with E-state index in [1.807, 2.05) is 72.8 Å². The molecule has 0 amide bonds. The Balaban J connectivity index is 0.748. The zero-order valence-electron chi connectivity index (χ0n) is 30.6. The van der Waals surface area contributed by atoms with Crippen molar-refractivity contribution in [1.82, 2.24) is 29.7 Å². The first-order chi connectivity index (χ1) is 28.5. The van der Waals surface area contributed by atoms with Crippen LogP contribution in [0.1, 0.15) is 33.9 Å². The van der Waals surface area contributed by atoms with E-state index in [1.54, 1.807) is 57.1 Å². The van der Waals surface area contributed by atoms with Gasteiger partial charge in [-0.2, -0.15) is 19.6 Å². The first-order valence-electron chi connectivity index (χ1n) is 18.1. The van der Waals surface area contributed by atoms with E-state index in [9.17, 15) is 0 Å². The molecule has 2 aromatic heterocycles. The Morgan fingerprint density at radius 3 is 1.16 bits per heavy atom. The van der Waals surface area contributed by atoms with Crippen LogP contribution in [0.4, 0.5) is 0 Å². The lowest BCUT2D eigenvalue weighted by Crippen LogP contribution is -2.15. The van der Waals surface area contributed by atoms with Gasteiger partial charge in [-0.25, -0.2) is 0 Å². The van der Waals surface area contributed by atoms with Crippen molar-refractivity contribution < 1.29 is 18.9 Å². The average Bonchev–Trinajstić information content (AvgIpc) is 3.88. The number of halogens is 2. The van der Waals surface area contributed by atoms with E-state index in [0.29, 0.717) is 57.9 Å². The maximum absolute atomic E-state index is 6.11. The largest absolute Gasteiger partial charge is 0.489 e. The van der Waals surface area contributed by atoms with Crippen molar-refractivity contribution in [2.45, 2.75) is 36.7 Å². The fourth-order valence-electron chi connectivity index (χ4n) is 5.91. The summed E-state index contributed by atoms with van der Waals surface area (Å²) in [5.74, 6) is 5.54. The monoisotopic (exact) mass is 846 g/mol. The third kappa shape index (κ3) is 9.00. The van der Waals surface area contributed by atoms with Gasteiger partial charge in [-0.05, 0) is 119 Å². The van der Waals surface area contributed by atoms with Gasteiger partial charge in [0.2, 0.25) is 10.3 Å². The Labute approximate surface area is 351 Å². The minimum absolute atomic E-state index is 0.233. The summed E-state index contributed by atoms with van der Waals surface area (Å²) in [6.45, 7) is 1.35. The van der Waals surface area contributed by atoms with Crippen LogP contribution in [0.25, 0.3) is 0 Å². The fourth-order valence-corrected chi connectivity index (χ4v) is 7.88. The molecule has 12 nitrogen and oxygen atoms in total. The molecule has 9 rings (SSSR count). The van der Waals surface area contributed by atoms with Gasteiger partial charge in [-0.15, -0.1) is 20.4 Å². The minimum Gasteiger partial charge on any atom is -0.489 e. The highest BCUT2D eigenvalue weighted by Crippen LogP contribution is 2.28. The van der Waals surface area contributed by atoms with Crippen LogP contribution in [0, 0.1) is 0 Å². The van der Waals surface area contributed by atoms with Gasteiger partial charge >= 0.3 is 0 Å². The normalized spacial score (nSPS) is 13.2. The minimum atomic E-state index is 0.233. The van der Waals surface area contributed by atoms with E-state index in [0.717, 1.165) is 55.5 Å². The predicted molar refractivity (Wildman–Crippen MR) is 225 cm³/mol. The number of ether oxygens (including phenoxy) is 4. The molecule has 0 spiro atoms. The number of benzene rings is 5. The number of thioether (sulfide) groups is 2. The maximum atomic E-state index is 6.11. The number of hydrogen-bond acceptors (Lipinski definition) is 12. The molecule has 0 aliphatic carbocycles. The van der Waals surface area contributed by atoms with E-state index in [4.69, 9.17) is 52.4 Å². The Morgan fingerprint density at radius 2 is 0.776 bits per heavy atom. The molecule has 0 unspecified atom stereocenters. The molecule has 0 saturated heterocycles. The SMILES string of the molecule is Clc1ccc(OCc2nnc3n2N=C(c2ccc(OCc4ccc(COc5ccc(C6=Nn7c(COc8ccc(Cl)cc8)nnc7SC6)cc5)cc4)cc2)CS3)cc1. The quantitative estimate of drug-likeness (QED) is 0.105. The predicted octanol–water partition coefficient (Wildman–Crippen LogP) is 9.21. The van der Waals surface area contributed by atoms with Crippen molar-refractivity contribution in [3.05, 3.63) is 165 Å². The molecule has 2 aliphatic heterocycles. The summed E-state index contributed by atoms with van der Waals surface area (Å²) in [6, 6.07) is 38.6. The molecule has 0 atom stereocenters. The van der Waals surface area contributed by atoms with Crippen molar-refractivity contribution in [3.63, 3.8) is 0 Å². The van der Waals surface area contributed by atoms with Gasteiger partial charge in [0.1, 0.15) is 49.4 Å². The zero-order chi connectivity index (χ0) is 39.3. The molecule has 4 heterocycles. The maximum Gasteiger partial charge on any atom is 0.212 e. The van der Waals surface area contributed by atoms with Gasteiger partial charge in [0.05, 0.1) is 11.4 Å². The highest BCUT2D eigenvalue weighted by molar-refractivity contribution is 8.00. The zero-order valence-corrected chi connectivity index (χ0v) is 33.7. The number of nitrogens with zero attached hydrogens (tertiary/aromatic N) is 8. The second kappa shape index (κ2) is 17.4. The molecular formula is C42H32Cl2N8O4S2. The van der Waals surface area contributed by atoms with Crippen LogP contribution in [0.5, 0.6) is 23.0 Å². The molecule has 0 N–H and O–H groups in total. The number of rotatable bonds is 14. The summed E-state index contributed by atoms with van der Waals surface area (Å²) in [5, 5.41) is 29.5. The molecule has 16 heteroatoms. The fraction of sp³-hybridized carbons (Fsp3) is 0.143. The average molecular weight is 848 g/mol. The van der Waals surface area contributed by atoms with Crippen molar-refractivity contribution in [1.29, 1.82) is 0 Å². The van der Waals surface area contributed by atoms with Crippen LogP contribution in [0.3, 0.4) is 0 Å². The van der Waals surface area contributed by atoms with E-state index >= 15 is 0 Å². The molecule has 5 aromatic carbocycles. The summed E-state index contributed by atoms with van der Waals surface area (Å²) >= 11 is 15.1.